The second-order valence-corrected chi connectivity index (χ2v) is 7.22. The molecule has 0 saturated carbocycles. The molecule has 0 aliphatic heterocycles. The molecule has 110 valence electrons. The molecule has 0 radical (unpaired) electrons. The van der Waals surface area contributed by atoms with Gasteiger partial charge in [0.1, 0.15) is 10.5 Å². The Bertz CT molecular complexity index is 189. The normalized spacial score (nSPS) is 16.7. The molecule has 0 aromatic carbocycles. The second-order valence-electron chi connectivity index (χ2n) is 5.66. The molecular formula is C15H34OSSi. The van der Waals surface area contributed by atoms with Gasteiger partial charge in [0.15, 0.2) is 0 Å². The van der Waals surface area contributed by atoms with Crippen LogP contribution in [-0.2, 0) is 4.43 Å². The van der Waals surface area contributed by atoms with Crippen molar-refractivity contribution in [1.29, 1.82) is 0 Å². The van der Waals surface area contributed by atoms with E-state index in [9.17, 15) is 0 Å². The lowest BCUT2D eigenvalue weighted by molar-refractivity contribution is 0.0424. The van der Waals surface area contributed by atoms with E-state index in [4.69, 9.17) is 4.43 Å². The zero-order chi connectivity index (χ0) is 13.9. The van der Waals surface area contributed by atoms with Crippen LogP contribution in [0, 0.1) is 5.92 Å². The van der Waals surface area contributed by atoms with Crippen LogP contribution < -0.4 is 0 Å². The Morgan fingerprint density at radius 2 is 1.78 bits per heavy atom. The number of unbranched alkanes of at least 4 members (excludes halogenated alkanes) is 4. The maximum Gasteiger partial charge on any atom is 0.146 e. The third kappa shape index (κ3) is 7.85. The molecule has 0 fully saturated rings. The van der Waals surface area contributed by atoms with E-state index in [1.165, 1.54) is 56.5 Å². The van der Waals surface area contributed by atoms with Crippen LogP contribution >= 0.6 is 11.8 Å². The predicted octanol–water partition coefficient (Wildman–Crippen LogP) is 4.18. The second kappa shape index (κ2) is 11.4. The van der Waals surface area contributed by atoms with Crippen LogP contribution in [0.5, 0.6) is 0 Å². The van der Waals surface area contributed by atoms with Crippen LogP contribution in [-0.4, -0.2) is 27.6 Å². The SMILES string of the molecule is CCCCCCCSCC(C)C(C)(CCC)O[SiH3]. The first kappa shape index (κ1) is 18.5. The first-order valence-electron chi connectivity index (χ1n) is 7.73. The monoisotopic (exact) mass is 290 g/mol. The molecule has 0 saturated heterocycles. The van der Waals surface area contributed by atoms with Crippen LogP contribution in [0.1, 0.15) is 72.6 Å². The van der Waals surface area contributed by atoms with E-state index in [2.05, 4.69) is 39.5 Å². The number of thioether (sulfide) groups is 1. The minimum Gasteiger partial charge on any atom is -0.422 e. The van der Waals surface area contributed by atoms with E-state index in [1.807, 2.05) is 0 Å². The third-order valence-electron chi connectivity index (χ3n) is 4.02. The van der Waals surface area contributed by atoms with Crippen molar-refractivity contribution in [3.8, 4) is 0 Å². The summed E-state index contributed by atoms with van der Waals surface area (Å²) in [6.07, 6.45) is 9.41. The van der Waals surface area contributed by atoms with Crippen molar-refractivity contribution in [3.05, 3.63) is 0 Å². The fourth-order valence-electron chi connectivity index (χ4n) is 2.29. The van der Waals surface area contributed by atoms with E-state index in [-0.39, 0.29) is 5.60 Å². The van der Waals surface area contributed by atoms with Gasteiger partial charge in [0.2, 0.25) is 0 Å². The van der Waals surface area contributed by atoms with Gasteiger partial charge in [-0.15, -0.1) is 0 Å². The van der Waals surface area contributed by atoms with E-state index in [1.54, 1.807) is 0 Å². The van der Waals surface area contributed by atoms with Gasteiger partial charge in [-0.1, -0.05) is 52.9 Å². The fourth-order valence-corrected chi connectivity index (χ4v) is 4.18. The van der Waals surface area contributed by atoms with E-state index in [0.29, 0.717) is 5.92 Å². The number of rotatable bonds is 12. The van der Waals surface area contributed by atoms with Crippen molar-refractivity contribution in [1.82, 2.24) is 0 Å². The lowest BCUT2D eigenvalue weighted by Gasteiger charge is -2.35. The summed E-state index contributed by atoms with van der Waals surface area (Å²) in [7, 11) is 0.861. The van der Waals surface area contributed by atoms with Gasteiger partial charge >= 0.3 is 0 Å². The summed E-state index contributed by atoms with van der Waals surface area (Å²) >= 11 is 2.12. The molecule has 2 unspecified atom stereocenters. The van der Waals surface area contributed by atoms with E-state index >= 15 is 0 Å². The van der Waals surface area contributed by atoms with Gasteiger partial charge in [-0.25, -0.2) is 0 Å². The van der Waals surface area contributed by atoms with Gasteiger partial charge < -0.3 is 4.43 Å². The molecule has 0 heterocycles. The molecule has 18 heavy (non-hydrogen) atoms. The number of hydrogen-bond donors (Lipinski definition) is 0. The van der Waals surface area contributed by atoms with Gasteiger partial charge in [-0.3, -0.25) is 0 Å². The predicted molar refractivity (Wildman–Crippen MR) is 89.6 cm³/mol. The summed E-state index contributed by atoms with van der Waals surface area (Å²) in [5.41, 5.74) is 0.135. The van der Waals surface area contributed by atoms with Crippen molar-refractivity contribution in [3.63, 3.8) is 0 Å². The molecule has 0 aromatic heterocycles. The smallest absolute Gasteiger partial charge is 0.146 e. The van der Waals surface area contributed by atoms with Crippen LogP contribution in [0.4, 0.5) is 0 Å². The molecule has 0 bridgehead atoms. The van der Waals surface area contributed by atoms with Crippen LogP contribution in [0.25, 0.3) is 0 Å². The van der Waals surface area contributed by atoms with Gasteiger partial charge in [0, 0.05) is 0 Å². The highest BCUT2D eigenvalue weighted by atomic mass is 32.2. The molecule has 3 heteroatoms. The van der Waals surface area contributed by atoms with Gasteiger partial charge in [0.05, 0.1) is 5.60 Å². The summed E-state index contributed by atoms with van der Waals surface area (Å²) in [4.78, 5) is 0. The molecule has 0 N–H and O–H groups in total. The van der Waals surface area contributed by atoms with Gasteiger partial charge in [-0.05, 0) is 37.2 Å². The average Bonchev–Trinajstić information content (AvgIpc) is 2.37. The molecule has 0 aromatic rings. The summed E-state index contributed by atoms with van der Waals surface area (Å²) in [5.74, 6) is 3.26. The largest absolute Gasteiger partial charge is 0.422 e. The Balaban J connectivity index is 3.65. The maximum atomic E-state index is 5.88. The van der Waals surface area contributed by atoms with E-state index in [0.717, 1.165) is 10.5 Å². The topological polar surface area (TPSA) is 9.23 Å². The van der Waals surface area contributed by atoms with Crippen LogP contribution in [0.2, 0.25) is 0 Å². The van der Waals surface area contributed by atoms with Crippen molar-refractivity contribution < 1.29 is 4.43 Å². The molecule has 0 amide bonds. The minimum absolute atomic E-state index is 0.135. The lowest BCUT2D eigenvalue weighted by Crippen LogP contribution is -2.37. The summed E-state index contributed by atoms with van der Waals surface area (Å²) in [5, 5.41) is 0. The zero-order valence-corrected chi connectivity index (χ0v) is 16.1. The fraction of sp³-hybridized carbons (Fsp3) is 1.00. The average molecular weight is 291 g/mol. The number of hydrogen-bond acceptors (Lipinski definition) is 2. The lowest BCUT2D eigenvalue weighted by atomic mass is 9.88. The molecule has 1 nitrogen and oxygen atoms in total. The van der Waals surface area contributed by atoms with Crippen molar-refractivity contribution in [2.45, 2.75) is 78.2 Å². The zero-order valence-electron chi connectivity index (χ0n) is 13.3. The third-order valence-corrected chi connectivity index (χ3v) is 6.26. The van der Waals surface area contributed by atoms with Crippen molar-refractivity contribution in [2.24, 2.45) is 5.92 Å². The molecule has 0 aliphatic carbocycles. The summed E-state index contributed by atoms with van der Waals surface area (Å²) < 4.78 is 5.88. The van der Waals surface area contributed by atoms with Crippen LogP contribution in [0.3, 0.4) is 0 Å². The molecular weight excluding hydrogens is 256 g/mol. The Labute approximate surface area is 122 Å². The summed E-state index contributed by atoms with van der Waals surface area (Å²) in [6, 6.07) is 0. The van der Waals surface area contributed by atoms with E-state index < -0.39 is 0 Å². The highest BCUT2D eigenvalue weighted by Gasteiger charge is 2.28. The first-order valence-corrected chi connectivity index (χ1v) is 9.70. The van der Waals surface area contributed by atoms with Gasteiger partial charge in [0.25, 0.3) is 0 Å². The Hall–Kier alpha value is 0.527. The Morgan fingerprint density at radius 1 is 1.11 bits per heavy atom. The molecule has 0 spiro atoms. The van der Waals surface area contributed by atoms with Crippen molar-refractivity contribution >= 4 is 22.2 Å². The Morgan fingerprint density at radius 3 is 2.33 bits per heavy atom. The highest BCUT2D eigenvalue weighted by molar-refractivity contribution is 7.99. The molecule has 2 atom stereocenters. The van der Waals surface area contributed by atoms with Crippen LogP contribution in [0.15, 0.2) is 0 Å². The first-order chi connectivity index (χ1) is 8.60. The standard InChI is InChI=1S/C15H34OSSi/c1-5-7-8-9-10-12-17-13-14(3)15(4,16-18)11-6-2/h14H,5-13H2,1-4,18H3. The van der Waals surface area contributed by atoms with Crippen molar-refractivity contribution in [2.75, 3.05) is 11.5 Å². The van der Waals surface area contributed by atoms with Gasteiger partial charge in [-0.2, -0.15) is 11.8 Å². The molecule has 0 rings (SSSR count). The quantitative estimate of drug-likeness (QED) is 0.394. The summed E-state index contributed by atoms with van der Waals surface area (Å²) in [6.45, 7) is 9.19. The minimum atomic E-state index is 0.135. The Kier molecular flexibility index (Phi) is 11.7. The maximum absolute atomic E-state index is 5.88. The highest BCUT2D eigenvalue weighted by Crippen LogP contribution is 2.29. The molecule has 0 aliphatic rings.